The predicted octanol–water partition coefficient (Wildman–Crippen LogP) is 8.24. The van der Waals surface area contributed by atoms with Crippen molar-refractivity contribution in [2.45, 2.75) is 146 Å². The fourth-order valence-electron chi connectivity index (χ4n) is 10.4. The molecular weight excluding hydrogens is 1280 g/mol. The molecular formula is C62H84BrClN8O17S. The maximum Gasteiger partial charge on any atom is 0.412 e. The van der Waals surface area contributed by atoms with Crippen LogP contribution in [0.15, 0.2) is 66.3 Å². The lowest BCUT2D eigenvalue weighted by molar-refractivity contribution is -0.162. The molecule has 2 fully saturated rings. The summed E-state index contributed by atoms with van der Waals surface area (Å²) in [4.78, 5) is 125. The number of allylic oxidation sites excluding steroid dienone is 4. The highest BCUT2D eigenvalue weighted by Crippen LogP contribution is 2.49. The highest BCUT2D eigenvalue weighted by molar-refractivity contribution is 9.09. The predicted molar refractivity (Wildman–Crippen MR) is 341 cm³/mol. The fourth-order valence-corrected chi connectivity index (χ4v) is 11.7. The van der Waals surface area contributed by atoms with E-state index in [1.165, 1.54) is 68.9 Å². The molecule has 3 aliphatic heterocycles. The van der Waals surface area contributed by atoms with E-state index in [0.29, 0.717) is 29.8 Å². The van der Waals surface area contributed by atoms with E-state index in [1.54, 1.807) is 56.3 Å². The zero-order valence-corrected chi connectivity index (χ0v) is 55.7. The number of aliphatic hydroxyl groups is 1. The molecule has 494 valence electrons. The SMILES string of the molecule is COc1cc2cc(c1Cl)N(C)C(=O)C[C@H](OC(=O)[C@H](C)N(C)C(=O)CCSC(=O)N(C)CCN(C)C(=O)OCc1ccc(NC(=O)OC3C=CCCCCC3)c(NC(=O)CCNC(=O)CBr)c1)[C@]1(C)O[C@H]1[C@H](C)[C@@H]1C[C@@](O)(NC(=O)O1)[C@H](OC)C=CC=C(C)C2. The van der Waals surface area contributed by atoms with Crippen LogP contribution in [-0.2, 0) is 65.4 Å². The van der Waals surface area contributed by atoms with Gasteiger partial charge in [-0.2, -0.15) is 0 Å². The van der Waals surface area contributed by atoms with Crippen LogP contribution in [0.3, 0.4) is 0 Å². The van der Waals surface area contributed by atoms with Crippen molar-refractivity contribution < 1.29 is 81.4 Å². The molecule has 0 spiro atoms. The monoisotopic (exact) mass is 1360 g/mol. The maximum atomic E-state index is 14.4. The lowest BCUT2D eigenvalue weighted by atomic mass is 9.83. The Morgan fingerprint density at radius 2 is 1.71 bits per heavy atom. The lowest BCUT2D eigenvalue weighted by Gasteiger charge is -2.42. The van der Waals surface area contributed by atoms with Crippen molar-refractivity contribution in [3.05, 3.63) is 82.4 Å². The van der Waals surface area contributed by atoms with Crippen molar-refractivity contribution in [1.29, 1.82) is 0 Å². The van der Waals surface area contributed by atoms with Gasteiger partial charge in [0.15, 0.2) is 5.72 Å². The number of benzene rings is 2. The van der Waals surface area contributed by atoms with Crippen LogP contribution in [0.4, 0.5) is 36.2 Å². The van der Waals surface area contributed by atoms with Crippen molar-refractivity contribution in [2.75, 3.05) is 88.7 Å². The number of rotatable bonds is 20. The molecule has 2 aromatic carbocycles. The largest absolute Gasteiger partial charge is 0.495 e. The molecule has 25 nitrogen and oxygen atoms in total. The Kier molecular flexibility index (Phi) is 26.8. The van der Waals surface area contributed by atoms with Gasteiger partial charge in [0.25, 0.3) is 5.24 Å². The number of halogens is 2. The summed E-state index contributed by atoms with van der Waals surface area (Å²) in [6.07, 6.45) is 6.56. The molecule has 6 rings (SSSR count). The Morgan fingerprint density at radius 1 is 0.967 bits per heavy atom. The second kappa shape index (κ2) is 33.4. The first-order valence-electron chi connectivity index (χ1n) is 29.7. The van der Waals surface area contributed by atoms with Crippen LogP contribution in [0.2, 0.25) is 5.02 Å². The zero-order chi connectivity index (χ0) is 66.0. The molecule has 2 aromatic rings. The van der Waals surface area contributed by atoms with Crippen molar-refractivity contribution in [1.82, 2.24) is 25.3 Å². The number of esters is 1. The number of epoxide rings is 1. The average molecular weight is 1360 g/mol. The summed E-state index contributed by atoms with van der Waals surface area (Å²) in [7, 11) is 8.84. The Balaban J connectivity index is 1.03. The molecule has 4 aliphatic rings. The molecule has 1 aliphatic carbocycles. The van der Waals surface area contributed by atoms with E-state index in [-0.39, 0.29) is 78.9 Å². The van der Waals surface area contributed by atoms with Gasteiger partial charge in [0, 0.05) is 85.9 Å². The van der Waals surface area contributed by atoms with E-state index in [4.69, 9.17) is 44.8 Å². The third-order valence-electron chi connectivity index (χ3n) is 16.2. The zero-order valence-electron chi connectivity index (χ0n) is 52.6. The first-order valence-corrected chi connectivity index (χ1v) is 32.2. The molecule has 3 heterocycles. The second-order valence-electron chi connectivity index (χ2n) is 23.0. The van der Waals surface area contributed by atoms with Gasteiger partial charge in [-0.05, 0) is 94.3 Å². The molecule has 0 saturated carbocycles. The summed E-state index contributed by atoms with van der Waals surface area (Å²) in [6, 6.07) is 7.03. The minimum atomic E-state index is -1.90. The minimum Gasteiger partial charge on any atom is -0.495 e. The molecule has 5 N–H and O–H groups in total. The van der Waals surface area contributed by atoms with E-state index in [0.717, 1.165) is 48.6 Å². The summed E-state index contributed by atoms with van der Waals surface area (Å²) >= 11 is 10.8. The van der Waals surface area contributed by atoms with Gasteiger partial charge in [-0.3, -0.25) is 34.6 Å². The average Bonchev–Trinajstić information content (AvgIpc) is 1.57. The van der Waals surface area contributed by atoms with Crippen LogP contribution in [0.25, 0.3) is 0 Å². The second-order valence-corrected chi connectivity index (χ2v) is 24.9. The van der Waals surface area contributed by atoms with Crippen LogP contribution in [-0.4, -0.2) is 194 Å². The number of ether oxygens (including phenoxy) is 7. The normalized spacial score (nSPS) is 23.7. The van der Waals surface area contributed by atoms with Gasteiger partial charge < -0.3 is 68.5 Å². The van der Waals surface area contributed by atoms with Crippen LogP contribution < -0.4 is 30.9 Å². The summed E-state index contributed by atoms with van der Waals surface area (Å²) in [5, 5.41) is 22.3. The number of hydrogen-bond acceptors (Lipinski definition) is 18. The van der Waals surface area contributed by atoms with Crippen molar-refractivity contribution in [3.63, 3.8) is 0 Å². The third-order valence-corrected chi connectivity index (χ3v) is 18.0. The van der Waals surface area contributed by atoms with Gasteiger partial charge >= 0.3 is 24.2 Å². The Morgan fingerprint density at radius 3 is 2.43 bits per heavy atom. The van der Waals surface area contributed by atoms with E-state index in [9.17, 15) is 48.3 Å². The molecule has 2 saturated heterocycles. The number of likely N-dealkylation sites (N-methyl/N-ethyl adjacent to an activating group) is 3. The number of alkyl halides is 1. The van der Waals surface area contributed by atoms with Gasteiger partial charge in [0.2, 0.25) is 23.6 Å². The minimum absolute atomic E-state index is 0.0344. The van der Waals surface area contributed by atoms with Gasteiger partial charge in [0.05, 0.1) is 42.0 Å². The quantitative estimate of drug-likeness (QED) is 0.0274. The fraction of sp³-hybridized carbons (Fsp3) is 0.565. The highest BCUT2D eigenvalue weighted by Gasteiger charge is 2.64. The number of nitrogens with zero attached hydrogens (tertiary/aromatic N) is 4. The maximum absolute atomic E-state index is 14.4. The van der Waals surface area contributed by atoms with E-state index in [2.05, 4.69) is 37.2 Å². The third kappa shape index (κ3) is 20.0. The molecule has 0 aromatic heterocycles. The number of hydrogen-bond donors (Lipinski definition) is 5. The number of carbonyl (C=O) groups excluding carboxylic acids is 9. The van der Waals surface area contributed by atoms with Gasteiger partial charge in [-0.1, -0.05) is 88.6 Å². The first kappa shape index (κ1) is 72.2. The van der Waals surface area contributed by atoms with Crippen molar-refractivity contribution >= 4 is 109 Å². The summed E-state index contributed by atoms with van der Waals surface area (Å²) in [6.45, 7) is 6.79. The number of alkyl carbamates (subject to hydrolysis) is 1. The van der Waals surface area contributed by atoms with Crippen LogP contribution in [0.1, 0.15) is 96.6 Å². The van der Waals surface area contributed by atoms with Crippen LogP contribution in [0, 0.1) is 5.92 Å². The van der Waals surface area contributed by atoms with E-state index in [1.807, 2.05) is 25.2 Å². The smallest absolute Gasteiger partial charge is 0.412 e. The summed E-state index contributed by atoms with van der Waals surface area (Å²) in [5.74, 6) is -2.88. The number of anilines is 3. The molecule has 0 radical (unpaired) electrons. The number of methoxy groups -OCH3 is 2. The molecule has 1 unspecified atom stereocenters. The van der Waals surface area contributed by atoms with Crippen LogP contribution >= 0.6 is 39.3 Å². The molecule has 8 amide bonds. The Labute approximate surface area is 542 Å². The van der Waals surface area contributed by atoms with E-state index >= 15 is 0 Å². The van der Waals surface area contributed by atoms with Gasteiger partial charge in [0.1, 0.15) is 53.4 Å². The lowest BCUT2D eigenvalue weighted by Crippen LogP contribution is -2.63. The Bertz CT molecular complexity index is 3050. The Hall–Kier alpha value is -6.91. The van der Waals surface area contributed by atoms with Crippen molar-refractivity contribution in [3.8, 4) is 5.75 Å². The molecule has 4 bridgehead atoms. The number of nitrogens with one attached hydrogen (secondary N) is 4. The summed E-state index contributed by atoms with van der Waals surface area (Å²) in [5.41, 5.74) is -0.366. The number of amides is 8. The topological polar surface area (TPSA) is 303 Å². The molecule has 28 heteroatoms. The van der Waals surface area contributed by atoms with Crippen molar-refractivity contribution in [2.24, 2.45) is 5.92 Å². The number of fused-ring (bicyclic) bond motifs is 5. The van der Waals surface area contributed by atoms with Gasteiger partial charge in [-0.25, -0.2) is 19.2 Å². The van der Waals surface area contributed by atoms with Crippen LogP contribution in [0.5, 0.6) is 5.75 Å². The first-order chi connectivity index (χ1) is 42.7. The number of carbonyl (C=O) groups is 9. The standard InChI is InChI=1S/C62H84BrClN8O17S/c1-37-17-16-20-48(84-10)62(82)34-47(87-58(79)68-62)38(2)55-61(4,89-55)49(33-53(76)72(8)45-31-41(29-37)32-46(83-9)54(45)64)88-56(77)39(3)71(7)52(75)24-28-90-60(81)70(6)27-26-69(5)59(80)85-36-40-21-22-43(44(30-40)66-50(73)23-25-65-51(74)35-63)67-57(78)86-42-18-14-12-11-13-15-19-42/h14,16-18,20-22,30-32,38-39,42,47-49,55,82H,11-13,15,19,23-29,33-36H2,1-10H3,(H,65,74)(H,66,73)(H,67,78)(H,68,79)/t38-,39+,42?,47+,48-,49+,55+,61+,62+/m1/s1. The van der Waals surface area contributed by atoms with Gasteiger partial charge in [-0.15, -0.1) is 0 Å². The van der Waals surface area contributed by atoms with E-state index < -0.39 is 107 Å². The highest BCUT2D eigenvalue weighted by atomic mass is 79.9. The molecule has 9 atom stereocenters. The number of thioether (sulfide) groups is 1. The molecule has 90 heavy (non-hydrogen) atoms. The summed E-state index contributed by atoms with van der Waals surface area (Å²) < 4.78 is 40.7.